The first-order valence-corrected chi connectivity index (χ1v) is 7.36. The topological polar surface area (TPSA) is 46.5 Å². The molecule has 0 saturated carbocycles. The number of benzene rings is 1. The molecule has 1 aromatic rings. The van der Waals surface area contributed by atoms with Gasteiger partial charge in [0.25, 0.3) is 0 Å². The highest BCUT2D eigenvalue weighted by Crippen LogP contribution is 2.33. The second kappa shape index (κ2) is 7.44. The Bertz CT molecular complexity index is 420. The molecule has 20 heavy (non-hydrogen) atoms. The monoisotopic (exact) mass is 278 g/mol. The molecule has 3 heteroatoms. The number of carbonyl (C=O) groups is 1. The molecule has 1 N–H and O–H groups in total. The minimum atomic E-state index is -1.20. The Morgan fingerprint density at radius 3 is 2.35 bits per heavy atom. The molecule has 0 aliphatic carbocycles. The van der Waals surface area contributed by atoms with E-state index in [2.05, 4.69) is 13.8 Å². The standard InChI is InChI=1S/C17H26O3/c1-5-7-8-15(16(18)20-4)17(3,19)14-11-9-13(6-2)10-12-14/h9-12,15,19H,5-8H2,1-4H3. The smallest absolute Gasteiger partial charge is 0.311 e. The molecule has 0 aliphatic rings. The van der Waals surface area contributed by atoms with Gasteiger partial charge in [0.15, 0.2) is 0 Å². The van der Waals surface area contributed by atoms with E-state index >= 15 is 0 Å². The first-order valence-electron chi connectivity index (χ1n) is 7.36. The normalized spacial score (nSPS) is 15.4. The molecule has 112 valence electrons. The summed E-state index contributed by atoms with van der Waals surface area (Å²) in [6, 6.07) is 7.80. The number of carbonyl (C=O) groups excluding carboxylic acids is 1. The van der Waals surface area contributed by atoms with Gasteiger partial charge in [-0.2, -0.15) is 0 Å². The quantitative estimate of drug-likeness (QED) is 0.777. The molecular weight excluding hydrogens is 252 g/mol. The summed E-state index contributed by atoms with van der Waals surface area (Å²) in [6.07, 6.45) is 3.46. The fraction of sp³-hybridized carbons (Fsp3) is 0.588. The lowest BCUT2D eigenvalue weighted by molar-refractivity contribution is -0.156. The molecular formula is C17H26O3. The van der Waals surface area contributed by atoms with Crippen molar-refractivity contribution in [2.45, 2.75) is 52.1 Å². The van der Waals surface area contributed by atoms with Crippen LogP contribution in [0.5, 0.6) is 0 Å². The summed E-state index contributed by atoms with van der Waals surface area (Å²) in [5, 5.41) is 10.8. The summed E-state index contributed by atoms with van der Waals surface area (Å²) < 4.78 is 4.86. The van der Waals surface area contributed by atoms with E-state index in [0.29, 0.717) is 6.42 Å². The van der Waals surface area contributed by atoms with E-state index in [9.17, 15) is 9.90 Å². The largest absolute Gasteiger partial charge is 0.469 e. The van der Waals surface area contributed by atoms with Crippen molar-refractivity contribution in [2.24, 2.45) is 5.92 Å². The summed E-state index contributed by atoms with van der Waals surface area (Å²) in [6.45, 7) is 5.86. The Kier molecular flexibility index (Phi) is 6.21. The van der Waals surface area contributed by atoms with E-state index in [-0.39, 0.29) is 5.97 Å². The van der Waals surface area contributed by atoms with Crippen LogP contribution in [0.4, 0.5) is 0 Å². The van der Waals surface area contributed by atoms with E-state index in [1.54, 1.807) is 6.92 Å². The van der Waals surface area contributed by atoms with E-state index in [0.717, 1.165) is 24.8 Å². The first-order chi connectivity index (χ1) is 9.47. The maximum absolute atomic E-state index is 12.0. The number of aliphatic hydroxyl groups is 1. The van der Waals surface area contributed by atoms with Gasteiger partial charge in [-0.25, -0.2) is 0 Å². The average Bonchev–Trinajstić information content (AvgIpc) is 2.47. The molecule has 3 nitrogen and oxygen atoms in total. The third-order valence-corrected chi connectivity index (χ3v) is 3.96. The second-order valence-electron chi connectivity index (χ2n) is 5.42. The number of aryl methyl sites for hydroxylation is 1. The van der Waals surface area contributed by atoms with E-state index in [1.165, 1.54) is 12.7 Å². The van der Waals surface area contributed by atoms with Gasteiger partial charge in [-0.05, 0) is 30.9 Å². The molecule has 0 saturated heterocycles. The van der Waals surface area contributed by atoms with Crippen molar-refractivity contribution in [3.05, 3.63) is 35.4 Å². The van der Waals surface area contributed by atoms with Crippen molar-refractivity contribution in [1.82, 2.24) is 0 Å². The maximum atomic E-state index is 12.0. The van der Waals surface area contributed by atoms with Gasteiger partial charge >= 0.3 is 5.97 Å². The molecule has 0 fully saturated rings. The van der Waals surface area contributed by atoms with Crippen LogP contribution in [-0.4, -0.2) is 18.2 Å². The fourth-order valence-electron chi connectivity index (χ4n) is 2.46. The van der Waals surface area contributed by atoms with Crippen molar-refractivity contribution in [3.63, 3.8) is 0 Å². The molecule has 0 radical (unpaired) electrons. The molecule has 2 atom stereocenters. The predicted molar refractivity (Wildman–Crippen MR) is 80.4 cm³/mol. The number of esters is 1. The molecule has 0 spiro atoms. The van der Waals surface area contributed by atoms with Crippen molar-refractivity contribution in [2.75, 3.05) is 7.11 Å². The summed E-state index contributed by atoms with van der Waals surface area (Å²) in [5.41, 5.74) is 0.781. The van der Waals surface area contributed by atoms with Crippen LogP contribution in [0.3, 0.4) is 0 Å². The summed E-state index contributed by atoms with van der Waals surface area (Å²) >= 11 is 0. The Hall–Kier alpha value is -1.35. The maximum Gasteiger partial charge on any atom is 0.311 e. The van der Waals surface area contributed by atoms with Gasteiger partial charge in [-0.15, -0.1) is 0 Å². The molecule has 1 aromatic carbocycles. The van der Waals surface area contributed by atoms with Crippen molar-refractivity contribution >= 4 is 5.97 Å². The minimum Gasteiger partial charge on any atom is -0.469 e. The van der Waals surface area contributed by atoms with E-state index in [1.807, 2.05) is 24.3 Å². The Morgan fingerprint density at radius 1 is 1.30 bits per heavy atom. The third kappa shape index (κ3) is 3.83. The van der Waals surface area contributed by atoms with Crippen LogP contribution in [0.15, 0.2) is 24.3 Å². The van der Waals surface area contributed by atoms with Gasteiger partial charge in [0.05, 0.1) is 13.0 Å². The molecule has 2 unspecified atom stereocenters. The zero-order valence-corrected chi connectivity index (χ0v) is 13.0. The van der Waals surface area contributed by atoms with Crippen molar-refractivity contribution in [3.8, 4) is 0 Å². The van der Waals surface area contributed by atoms with Crippen LogP contribution >= 0.6 is 0 Å². The molecule has 0 bridgehead atoms. The molecule has 1 rings (SSSR count). The SMILES string of the molecule is CCCCC(C(=O)OC)C(C)(O)c1ccc(CC)cc1. The number of unbranched alkanes of at least 4 members (excludes halogenated alkanes) is 1. The highest BCUT2D eigenvalue weighted by molar-refractivity contribution is 5.74. The van der Waals surface area contributed by atoms with Gasteiger partial charge in [-0.1, -0.05) is 51.0 Å². The lowest BCUT2D eigenvalue weighted by Crippen LogP contribution is -2.38. The van der Waals surface area contributed by atoms with Gasteiger partial charge in [0.1, 0.15) is 5.60 Å². The van der Waals surface area contributed by atoms with Crippen LogP contribution in [0, 0.1) is 5.92 Å². The Morgan fingerprint density at radius 2 is 1.90 bits per heavy atom. The zero-order valence-electron chi connectivity index (χ0n) is 13.0. The second-order valence-corrected chi connectivity index (χ2v) is 5.42. The number of hydrogen-bond donors (Lipinski definition) is 1. The molecule has 0 heterocycles. The summed E-state index contributed by atoms with van der Waals surface area (Å²) in [5.74, 6) is -0.872. The van der Waals surface area contributed by atoms with Crippen LogP contribution in [-0.2, 0) is 21.6 Å². The van der Waals surface area contributed by atoms with Gasteiger partial charge in [-0.3, -0.25) is 4.79 Å². The van der Waals surface area contributed by atoms with Gasteiger partial charge < -0.3 is 9.84 Å². The highest BCUT2D eigenvalue weighted by Gasteiger charge is 2.39. The van der Waals surface area contributed by atoms with Gasteiger partial charge in [0, 0.05) is 0 Å². The van der Waals surface area contributed by atoms with Crippen LogP contribution in [0.25, 0.3) is 0 Å². The predicted octanol–water partition coefficient (Wildman–Crippen LogP) is 3.44. The summed E-state index contributed by atoms with van der Waals surface area (Å²) in [4.78, 5) is 12.0. The van der Waals surface area contributed by atoms with Crippen LogP contribution in [0.1, 0.15) is 51.2 Å². The van der Waals surface area contributed by atoms with E-state index < -0.39 is 11.5 Å². The first kappa shape index (κ1) is 16.7. The molecule has 0 amide bonds. The van der Waals surface area contributed by atoms with Crippen molar-refractivity contribution in [1.29, 1.82) is 0 Å². The number of methoxy groups -OCH3 is 1. The Balaban J connectivity index is 3.03. The lowest BCUT2D eigenvalue weighted by atomic mass is 9.79. The number of hydrogen-bond acceptors (Lipinski definition) is 3. The Labute approximate surface area is 122 Å². The van der Waals surface area contributed by atoms with E-state index in [4.69, 9.17) is 4.74 Å². The number of ether oxygens (including phenoxy) is 1. The van der Waals surface area contributed by atoms with Crippen LogP contribution in [0.2, 0.25) is 0 Å². The minimum absolute atomic E-state index is 0.344. The third-order valence-electron chi connectivity index (χ3n) is 3.96. The molecule has 0 aliphatic heterocycles. The van der Waals surface area contributed by atoms with Crippen molar-refractivity contribution < 1.29 is 14.6 Å². The summed E-state index contributed by atoms with van der Waals surface area (Å²) in [7, 11) is 1.37. The zero-order chi connectivity index (χ0) is 15.2. The number of rotatable bonds is 7. The average molecular weight is 278 g/mol. The fourth-order valence-corrected chi connectivity index (χ4v) is 2.46. The lowest BCUT2D eigenvalue weighted by Gasteiger charge is -2.31. The highest BCUT2D eigenvalue weighted by atomic mass is 16.5. The molecule has 0 aromatic heterocycles. The van der Waals surface area contributed by atoms with Gasteiger partial charge in [0.2, 0.25) is 0 Å². The van der Waals surface area contributed by atoms with Crippen LogP contribution < -0.4 is 0 Å².